The van der Waals surface area contributed by atoms with E-state index in [9.17, 15) is 14.9 Å². The van der Waals surface area contributed by atoms with Gasteiger partial charge in [-0.1, -0.05) is 11.6 Å². The van der Waals surface area contributed by atoms with Crippen LogP contribution in [0.15, 0.2) is 30.6 Å². The monoisotopic (exact) mass is 280 g/mol. The molecule has 7 nitrogen and oxygen atoms in total. The lowest BCUT2D eigenvalue weighted by molar-refractivity contribution is -0.385. The number of aromatic nitrogens is 2. The fourth-order valence-corrected chi connectivity index (χ4v) is 1.71. The minimum absolute atomic E-state index is 0.0960. The lowest BCUT2D eigenvalue weighted by Gasteiger charge is -2.04. The number of halogens is 1. The van der Waals surface area contributed by atoms with Crippen molar-refractivity contribution in [2.75, 3.05) is 5.32 Å². The number of aryl methyl sites for hydroxylation is 1. The van der Waals surface area contributed by atoms with E-state index >= 15 is 0 Å². The highest BCUT2D eigenvalue weighted by molar-refractivity contribution is 6.31. The molecule has 1 N–H and O–H groups in total. The molecule has 1 aromatic heterocycles. The molecular weight excluding hydrogens is 272 g/mol. The predicted octanol–water partition coefficient (Wildman–Crippen LogP) is 2.23. The van der Waals surface area contributed by atoms with E-state index in [1.807, 2.05) is 0 Å². The third kappa shape index (κ3) is 2.89. The van der Waals surface area contributed by atoms with Crippen LogP contribution in [0.2, 0.25) is 5.02 Å². The smallest absolute Gasteiger partial charge is 0.282 e. The zero-order valence-electron chi connectivity index (χ0n) is 9.83. The topological polar surface area (TPSA) is 90.1 Å². The first kappa shape index (κ1) is 13.0. The molecule has 1 aromatic carbocycles. The van der Waals surface area contributed by atoms with Gasteiger partial charge in [0.25, 0.3) is 11.6 Å². The molecule has 0 bridgehead atoms. The first-order chi connectivity index (χ1) is 8.97. The molecule has 0 aliphatic heterocycles. The summed E-state index contributed by atoms with van der Waals surface area (Å²) in [4.78, 5) is 22.2. The van der Waals surface area contributed by atoms with Crippen LogP contribution in [0.1, 0.15) is 10.4 Å². The highest BCUT2D eigenvalue weighted by Gasteiger charge is 2.20. The number of nitrogens with one attached hydrogen (secondary N) is 1. The van der Waals surface area contributed by atoms with Crippen LogP contribution in [0, 0.1) is 10.1 Å². The number of nitro benzene ring substituents is 1. The Kier molecular flexibility index (Phi) is 3.48. The summed E-state index contributed by atoms with van der Waals surface area (Å²) in [6.45, 7) is 0. The number of hydrogen-bond donors (Lipinski definition) is 1. The van der Waals surface area contributed by atoms with Crippen LogP contribution in [0.4, 0.5) is 11.4 Å². The Morgan fingerprint density at radius 3 is 2.84 bits per heavy atom. The Hall–Kier alpha value is -2.41. The predicted molar refractivity (Wildman–Crippen MR) is 69.3 cm³/mol. The van der Waals surface area contributed by atoms with Gasteiger partial charge in [-0.3, -0.25) is 19.6 Å². The molecule has 2 aromatic rings. The van der Waals surface area contributed by atoms with E-state index in [1.54, 1.807) is 13.2 Å². The average Bonchev–Trinajstić information content (AvgIpc) is 2.74. The molecule has 0 radical (unpaired) electrons. The standard InChI is InChI=1S/C11H9ClN4O3/c1-15-6-8(5-13-15)14-11(17)9-4-7(12)2-3-10(9)16(18)19/h2-6H,1H3,(H,14,17). The molecule has 2 rings (SSSR count). The van der Waals surface area contributed by atoms with E-state index < -0.39 is 10.8 Å². The van der Waals surface area contributed by atoms with Crippen LogP contribution in [0.5, 0.6) is 0 Å². The Labute approximate surface area is 112 Å². The molecule has 19 heavy (non-hydrogen) atoms. The van der Waals surface area contributed by atoms with Crippen LogP contribution in [0.25, 0.3) is 0 Å². The van der Waals surface area contributed by atoms with Gasteiger partial charge >= 0.3 is 0 Å². The minimum atomic E-state index is -0.630. The fourth-order valence-electron chi connectivity index (χ4n) is 1.53. The van der Waals surface area contributed by atoms with Gasteiger partial charge in [-0.2, -0.15) is 5.10 Å². The molecule has 98 valence electrons. The van der Waals surface area contributed by atoms with Crippen LogP contribution >= 0.6 is 11.6 Å². The maximum Gasteiger partial charge on any atom is 0.282 e. The minimum Gasteiger partial charge on any atom is -0.319 e. The second kappa shape index (κ2) is 5.07. The summed E-state index contributed by atoms with van der Waals surface area (Å²) in [6.07, 6.45) is 3.02. The van der Waals surface area contributed by atoms with Gasteiger partial charge in [-0.05, 0) is 12.1 Å². The third-order valence-corrected chi connectivity index (χ3v) is 2.60. The van der Waals surface area contributed by atoms with Crippen molar-refractivity contribution >= 4 is 28.9 Å². The first-order valence-corrected chi connectivity index (χ1v) is 5.59. The number of hydrogen-bond acceptors (Lipinski definition) is 4. The molecular formula is C11H9ClN4O3. The second-order valence-electron chi connectivity index (χ2n) is 3.78. The van der Waals surface area contributed by atoms with Crippen LogP contribution in [0.3, 0.4) is 0 Å². The number of anilines is 1. The quantitative estimate of drug-likeness (QED) is 0.689. The molecule has 0 aliphatic carbocycles. The number of nitro groups is 1. The van der Waals surface area contributed by atoms with E-state index in [4.69, 9.17) is 11.6 Å². The van der Waals surface area contributed by atoms with Crippen molar-refractivity contribution in [1.82, 2.24) is 9.78 Å². The molecule has 0 saturated heterocycles. The zero-order chi connectivity index (χ0) is 14.0. The summed E-state index contributed by atoms with van der Waals surface area (Å²) >= 11 is 5.75. The highest BCUT2D eigenvalue weighted by Crippen LogP contribution is 2.23. The van der Waals surface area contributed by atoms with E-state index in [0.717, 1.165) is 0 Å². The fraction of sp³-hybridized carbons (Fsp3) is 0.0909. The highest BCUT2D eigenvalue weighted by atomic mass is 35.5. The molecule has 0 fully saturated rings. The SMILES string of the molecule is Cn1cc(NC(=O)c2cc(Cl)ccc2[N+](=O)[O-])cn1. The maximum absolute atomic E-state index is 12.0. The van der Waals surface area contributed by atoms with Gasteiger partial charge in [-0.15, -0.1) is 0 Å². The third-order valence-electron chi connectivity index (χ3n) is 2.36. The Morgan fingerprint density at radius 1 is 1.53 bits per heavy atom. The number of carbonyl (C=O) groups is 1. The van der Waals surface area contributed by atoms with Gasteiger partial charge in [0.05, 0.1) is 16.8 Å². The van der Waals surface area contributed by atoms with E-state index in [0.29, 0.717) is 5.69 Å². The molecule has 0 spiro atoms. The van der Waals surface area contributed by atoms with Gasteiger partial charge in [0.15, 0.2) is 0 Å². The summed E-state index contributed by atoms with van der Waals surface area (Å²) in [5.41, 5.74) is 0.0499. The van der Waals surface area contributed by atoms with Crippen molar-refractivity contribution < 1.29 is 9.72 Å². The van der Waals surface area contributed by atoms with Crippen molar-refractivity contribution in [1.29, 1.82) is 0 Å². The Morgan fingerprint density at radius 2 is 2.26 bits per heavy atom. The molecule has 0 saturated carbocycles. The van der Waals surface area contributed by atoms with Crippen molar-refractivity contribution in [3.8, 4) is 0 Å². The molecule has 0 aliphatic rings. The first-order valence-electron chi connectivity index (χ1n) is 5.21. The van der Waals surface area contributed by atoms with E-state index in [2.05, 4.69) is 10.4 Å². The van der Waals surface area contributed by atoms with Gasteiger partial charge in [0, 0.05) is 24.3 Å². The summed E-state index contributed by atoms with van der Waals surface area (Å²) in [5.74, 6) is -0.609. The summed E-state index contributed by atoms with van der Waals surface area (Å²) in [7, 11) is 1.69. The van der Waals surface area contributed by atoms with Crippen LogP contribution in [-0.2, 0) is 7.05 Å². The van der Waals surface area contributed by atoms with Crippen molar-refractivity contribution in [2.24, 2.45) is 7.05 Å². The molecule has 1 heterocycles. The van der Waals surface area contributed by atoms with Crippen LogP contribution in [-0.4, -0.2) is 20.6 Å². The molecule has 0 unspecified atom stereocenters. The van der Waals surface area contributed by atoms with Gasteiger partial charge < -0.3 is 5.32 Å². The second-order valence-corrected chi connectivity index (χ2v) is 4.21. The summed E-state index contributed by atoms with van der Waals surface area (Å²) < 4.78 is 1.50. The number of nitrogens with zero attached hydrogens (tertiary/aromatic N) is 3. The van der Waals surface area contributed by atoms with Gasteiger partial charge in [-0.25, -0.2) is 0 Å². The lowest BCUT2D eigenvalue weighted by atomic mass is 10.1. The summed E-state index contributed by atoms with van der Waals surface area (Å²) in [5, 5.41) is 17.5. The van der Waals surface area contributed by atoms with Gasteiger partial charge in [0.1, 0.15) is 5.56 Å². The Balaban J connectivity index is 2.32. The average molecular weight is 281 g/mol. The number of carbonyl (C=O) groups excluding carboxylic acids is 1. The molecule has 8 heteroatoms. The zero-order valence-corrected chi connectivity index (χ0v) is 10.6. The van der Waals surface area contributed by atoms with Crippen LogP contribution < -0.4 is 5.32 Å². The number of rotatable bonds is 3. The molecule has 0 atom stereocenters. The summed E-state index contributed by atoms with van der Waals surface area (Å²) in [6, 6.07) is 3.81. The largest absolute Gasteiger partial charge is 0.319 e. The van der Waals surface area contributed by atoms with Crippen molar-refractivity contribution in [2.45, 2.75) is 0 Å². The number of benzene rings is 1. The van der Waals surface area contributed by atoms with Crippen molar-refractivity contribution in [3.05, 3.63) is 51.3 Å². The van der Waals surface area contributed by atoms with Gasteiger partial charge in [0.2, 0.25) is 0 Å². The molecule has 1 amide bonds. The maximum atomic E-state index is 12.0. The Bertz CT molecular complexity index is 653. The van der Waals surface area contributed by atoms with E-state index in [1.165, 1.54) is 29.1 Å². The normalized spacial score (nSPS) is 10.2. The number of amides is 1. The lowest BCUT2D eigenvalue weighted by Crippen LogP contribution is -2.13. The van der Waals surface area contributed by atoms with E-state index in [-0.39, 0.29) is 16.3 Å². The van der Waals surface area contributed by atoms with Crippen molar-refractivity contribution in [3.63, 3.8) is 0 Å².